The van der Waals surface area contributed by atoms with Crippen LogP contribution in [-0.4, -0.2) is 82.9 Å². The second kappa shape index (κ2) is 8.20. The maximum absolute atomic E-state index is 12.3. The Morgan fingerprint density at radius 2 is 1.67 bits per heavy atom. The highest BCUT2D eigenvalue weighted by molar-refractivity contribution is 8.24. The van der Waals surface area contributed by atoms with Crippen molar-refractivity contribution in [3.8, 4) is 0 Å². The number of piperazine rings is 1. The molecule has 3 rings (SSSR count). The second-order valence-electron chi connectivity index (χ2n) is 6.72. The monoisotopic (exact) mass is 353 g/mol. The summed E-state index contributed by atoms with van der Waals surface area (Å²) in [6.45, 7) is 4.91. The van der Waals surface area contributed by atoms with Gasteiger partial charge in [-0.25, -0.2) is 4.79 Å². The van der Waals surface area contributed by atoms with E-state index in [0.29, 0.717) is 18.3 Å². The Kier molecular flexibility index (Phi) is 5.99. The lowest BCUT2D eigenvalue weighted by molar-refractivity contribution is 0.0160. The fourth-order valence-electron chi connectivity index (χ4n) is 3.55. The lowest BCUT2D eigenvalue weighted by atomic mass is 9.91. The SMILES string of the molecule is N=CSC(=N)N1CCC(OC(=O)N2CCN(C3CCC3)CC2)CC1. The van der Waals surface area contributed by atoms with Crippen molar-refractivity contribution in [3.63, 3.8) is 0 Å². The van der Waals surface area contributed by atoms with Crippen LogP contribution in [0.4, 0.5) is 4.79 Å². The molecule has 3 fully saturated rings. The zero-order valence-corrected chi connectivity index (χ0v) is 14.9. The third-order valence-corrected chi connectivity index (χ3v) is 5.93. The van der Waals surface area contributed by atoms with Gasteiger partial charge in [0, 0.05) is 58.2 Å². The molecule has 0 radical (unpaired) electrons. The summed E-state index contributed by atoms with van der Waals surface area (Å²) >= 11 is 1.11. The Hall–Kier alpha value is -1.28. The van der Waals surface area contributed by atoms with Crippen molar-refractivity contribution in [1.29, 1.82) is 10.8 Å². The first-order valence-corrected chi connectivity index (χ1v) is 9.74. The molecule has 3 aliphatic rings. The molecule has 2 saturated heterocycles. The van der Waals surface area contributed by atoms with E-state index in [0.717, 1.165) is 56.8 Å². The molecule has 24 heavy (non-hydrogen) atoms. The molecule has 1 amide bonds. The molecule has 0 unspecified atom stereocenters. The average molecular weight is 353 g/mol. The normalized spacial score (nSPS) is 23.7. The van der Waals surface area contributed by atoms with Gasteiger partial charge in [-0.15, -0.1) is 0 Å². The molecule has 0 spiro atoms. The number of carbonyl (C=O) groups excluding carboxylic acids is 1. The van der Waals surface area contributed by atoms with Gasteiger partial charge in [-0.05, 0) is 24.6 Å². The minimum atomic E-state index is -0.175. The Morgan fingerprint density at radius 3 is 2.21 bits per heavy atom. The van der Waals surface area contributed by atoms with Crippen LogP contribution in [0.1, 0.15) is 32.1 Å². The van der Waals surface area contributed by atoms with Crippen LogP contribution in [0.2, 0.25) is 0 Å². The molecule has 134 valence electrons. The van der Waals surface area contributed by atoms with Crippen molar-refractivity contribution in [2.45, 2.75) is 44.2 Å². The van der Waals surface area contributed by atoms with E-state index in [1.807, 2.05) is 9.80 Å². The quantitative estimate of drug-likeness (QED) is 0.599. The highest BCUT2D eigenvalue weighted by Gasteiger charge is 2.31. The van der Waals surface area contributed by atoms with Crippen molar-refractivity contribution >= 4 is 28.6 Å². The molecule has 0 bridgehead atoms. The number of nitrogens with zero attached hydrogens (tertiary/aromatic N) is 3. The van der Waals surface area contributed by atoms with E-state index in [9.17, 15) is 4.79 Å². The Labute approximate surface area is 147 Å². The molecule has 1 aliphatic carbocycles. The Balaban J connectivity index is 1.37. The smallest absolute Gasteiger partial charge is 0.410 e. The van der Waals surface area contributed by atoms with Gasteiger partial charge in [-0.3, -0.25) is 10.3 Å². The summed E-state index contributed by atoms with van der Waals surface area (Å²) in [5, 5.41) is 15.3. The number of hydrogen-bond acceptors (Lipinski definition) is 6. The molecule has 0 aromatic rings. The fourth-order valence-corrected chi connectivity index (χ4v) is 3.99. The van der Waals surface area contributed by atoms with Crippen LogP contribution in [0, 0.1) is 10.8 Å². The number of amides is 1. The standard InChI is InChI=1S/C16H27N5O2S/c17-12-24-15(18)20-6-4-14(5-7-20)23-16(22)21-10-8-19(9-11-21)13-2-1-3-13/h12-14,17-18H,1-11H2. The van der Waals surface area contributed by atoms with Crippen LogP contribution in [-0.2, 0) is 4.74 Å². The van der Waals surface area contributed by atoms with Crippen molar-refractivity contribution in [3.05, 3.63) is 0 Å². The predicted octanol–water partition coefficient (Wildman–Crippen LogP) is 2.03. The van der Waals surface area contributed by atoms with E-state index < -0.39 is 0 Å². The summed E-state index contributed by atoms with van der Waals surface area (Å²) in [5.41, 5.74) is 1.18. The van der Waals surface area contributed by atoms with Gasteiger partial charge in [0.1, 0.15) is 6.10 Å². The summed E-state index contributed by atoms with van der Waals surface area (Å²) in [5.74, 6) is 0. The number of nitrogens with one attached hydrogen (secondary N) is 2. The maximum atomic E-state index is 12.3. The largest absolute Gasteiger partial charge is 0.446 e. The number of thioether (sulfide) groups is 1. The van der Waals surface area contributed by atoms with Gasteiger partial charge < -0.3 is 19.9 Å². The molecule has 0 aromatic carbocycles. The molecular weight excluding hydrogens is 326 g/mol. The first kappa shape index (κ1) is 17.5. The summed E-state index contributed by atoms with van der Waals surface area (Å²) in [6.07, 6.45) is 5.27. The van der Waals surface area contributed by atoms with Gasteiger partial charge in [0.25, 0.3) is 0 Å². The van der Waals surface area contributed by atoms with Gasteiger partial charge in [-0.2, -0.15) is 0 Å². The van der Waals surface area contributed by atoms with Gasteiger partial charge in [-0.1, -0.05) is 6.42 Å². The highest BCUT2D eigenvalue weighted by atomic mass is 32.2. The summed E-state index contributed by atoms with van der Waals surface area (Å²) in [6, 6.07) is 0.752. The van der Waals surface area contributed by atoms with E-state index in [2.05, 4.69) is 4.90 Å². The van der Waals surface area contributed by atoms with Gasteiger partial charge >= 0.3 is 6.09 Å². The van der Waals surface area contributed by atoms with Crippen LogP contribution in [0.3, 0.4) is 0 Å². The minimum absolute atomic E-state index is 0.0452. The van der Waals surface area contributed by atoms with Crippen LogP contribution in [0.5, 0.6) is 0 Å². The lowest BCUT2D eigenvalue weighted by Crippen LogP contribution is -2.54. The van der Waals surface area contributed by atoms with Crippen LogP contribution in [0.15, 0.2) is 0 Å². The summed E-state index contributed by atoms with van der Waals surface area (Å²) in [7, 11) is 0. The maximum Gasteiger partial charge on any atom is 0.410 e. The van der Waals surface area contributed by atoms with E-state index in [1.165, 1.54) is 24.8 Å². The van der Waals surface area contributed by atoms with Crippen molar-refractivity contribution < 1.29 is 9.53 Å². The number of ether oxygens (including phenoxy) is 1. The molecule has 0 atom stereocenters. The van der Waals surface area contributed by atoms with Crippen LogP contribution >= 0.6 is 11.8 Å². The third kappa shape index (κ3) is 4.22. The second-order valence-corrected chi connectivity index (χ2v) is 7.58. The molecule has 2 aliphatic heterocycles. The predicted molar refractivity (Wildman–Crippen MR) is 96.0 cm³/mol. The van der Waals surface area contributed by atoms with E-state index >= 15 is 0 Å². The third-order valence-electron chi connectivity index (χ3n) is 5.33. The number of amidine groups is 1. The van der Waals surface area contributed by atoms with Crippen LogP contribution < -0.4 is 0 Å². The van der Waals surface area contributed by atoms with E-state index in [1.54, 1.807) is 0 Å². The first-order valence-electron chi connectivity index (χ1n) is 8.86. The van der Waals surface area contributed by atoms with Crippen molar-refractivity contribution in [2.24, 2.45) is 0 Å². The van der Waals surface area contributed by atoms with Gasteiger partial charge in [0.2, 0.25) is 0 Å². The van der Waals surface area contributed by atoms with Crippen LogP contribution in [0.25, 0.3) is 0 Å². The van der Waals surface area contributed by atoms with Gasteiger partial charge in [0.15, 0.2) is 5.17 Å². The highest BCUT2D eigenvalue weighted by Crippen LogP contribution is 2.26. The zero-order valence-electron chi connectivity index (χ0n) is 14.1. The molecule has 0 aromatic heterocycles. The molecular formula is C16H27N5O2S. The summed E-state index contributed by atoms with van der Waals surface area (Å²) in [4.78, 5) is 18.6. The Bertz CT molecular complexity index is 469. The number of rotatable bonds is 3. The number of piperidine rings is 1. The zero-order chi connectivity index (χ0) is 16.9. The lowest BCUT2D eigenvalue weighted by Gasteiger charge is -2.43. The molecule has 2 N–H and O–H groups in total. The van der Waals surface area contributed by atoms with E-state index in [-0.39, 0.29) is 12.2 Å². The minimum Gasteiger partial charge on any atom is -0.446 e. The topological polar surface area (TPSA) is 83.7 Å². The number of hydrogen-bond donors (Lipinski definition) is 2. The molecule has 7 nitrogen and oxygen atoms in total. The molecule has 2 heterocycles. The van der Waals surface area contributed by atoms with Crippen molar-refractivity contribution in [2.75, 3.05) is 39.3 Å². The molecule has 8 heteroatoms. The van der Waals surface area contributed by atoms with Crippen molar-refractivity contribution in [1.82, 2.24) is 14.7 Å². The van der Waals surface area contributed by atoms with E-state index in [4.69, 9.17) is 15.6 Å². The summed E-state index contributed by atoms with van der Waals surface area (Å²) < 4.78 is 5.67. The fraction of sp³-hybridized carbons (Fsp3) is 0.812. The number of carbonyl (C=O) groups is 1. The van der Waals surface area contributed by atoms with Gasteiger partial charge in [0.05, 0.1) is 5.55 Å². The number of likely N-dealkylation sites (tertiary alicyclic amines) is 1. The average Bonchev–Trinajstić information content (AvgIpc) is 2.55. The first-order chi connectivity index (χ1) is 11.7. The molecule has 1 saturated carbocycles. The Morgan fingerprint density at radius 1 is 1.00 bits per heavy atom.